The quantitative estimate of drug-likeness (QED) is 0.487. The van der Waals surface area contributed by atoms with E-state index in [0.717, 1.165) is 6.42 Å². The Hall–Kier alpha value is -0.903. The van der Waals surface area contributed by atoms with E-state index in [1.54, 1.807) is 0 Å². The zero-order chi connectivity index (χ0) is 15.9. The van der Waals surface area contributed by atoms with Crippen LogP contribution in [0.2, 0.25) is 18.1 Å². The fourth-order valence-electron chi connectivity index (χ4n) is 1.81. The van der Waals surface area contributed by atoms with Crippen LogP contribution in [0.1, 0.15) is 32.8 Å². The van der Waals surface area contributed by atoms with Gasteiger partial charge < -0.3 is 9.16 Å². The summed E-state index contributed by atoms with van der Waals surface area (Å²) >= 11 is 0. The maximum atomic E-state index is 6.42. The molecule has 2 nitrogen and oxygen atoms in total. The SMILES string of the molecule is C=CC[C@H](COCc1ccccc1)O[Si](C)(C)C(C)(C)C. The molecule has 0 unspecified atom stereocenters. The van der Waals surface area contributed by atoms with Gasteiger partial charge in [-0.05, 0) is 30.1 Å². The molecule has 0 N–H and O–H groups in total. The number of hydrogen-bond acceptors (Lipinski definition) is 2. The molecule has 1 aromatic carbocycles. The van der Waals surface area contributed by atoms with Crippen LogP contribution in [-0.4, -0.2) is 21.0 Å². The van der Waals surface area contributed by atoms with Crippen LogP contribution in [0.3, 0.4) is 0 Å². The van der Waals surface area contributed by atoms with E-state index in [9.17, 15) is 0 Å². The maximum absolute atomic E-state index is 6.42. The summed E-state index contributed by atoms with van der Waals surface area (Å²) in [6, 6.07) is 10.2. The molecule has 3 heteroatoms. The molecule has 0 heterocycles. The minimum atomic E-state index is -1.76. The lowest BCUT2D eigenvalue weighted by Gasteiger charge is -2.39. The highest BCUT2D eigenvalue weighted by Gasteiger charge is 2.38. The van der Waals surface area contributed by atoms with Gasteiger partial charge in [-0.15, -0.1) is 6.58 Å². The van der Waals surface area contributed by atoms with Crippen LogP contribution in [0.5, 0.6) is 0 Å². The van der Waals surface area contributed by atoms with E-state index in [0.29, 0.717) is 13.2 Å². The largest absolute Gasteiger partial charge is 0.411 e. The molecule has 0 aromatic heterocycles. The first kappa shape index (κ1) is 18.1. The fourth-order valence-corrected chi connectivity index (χ4v) is 3.16. The van der Waals surface area contributed by atoms with Gasteiger partial charge in [-0.25, -0.2) is 0 Å². The Morgan fingerprint density at radius 2 is 1.81 bits per heavy atom. The van der Waals surface area contributed by atoms with Crippen molar-refractivity contribution in [3.63, 3.8) is 0 Å². The molecular weight excluding hydrogens is 276 g/mol. The summed E-state index contributed by atoms with van der Waals surface area (Å²) in [7, 11) is -1.76. The smallest absolute Gasteiger partial charge is 0.192 e. The van der Waals surface area contributed by atoms with Crippen molar-refractivity contribution in [2.45, 2.75) is 58.0 Å². The Morgan fingerprint density at radius 3 is 2.33 bits per heavy atom. The van der Waals surface area contributed by atoms with E-state index >= 15 is 0 Å². The second-order valence-electron chi connectivity index (χ2n) is 7.03. The van der Waals surface area contributed by atoms with E-state index in [4.69, 9.17) is 9.16 Å². The molecule has 118 valence electrons. The average molecular weight is 307 g/mol. The molecule has 1 rings (SSSR count). The molecule has 1 atom stereocenters. The van der Waals surface area contributed by atoms with E-state index in [-0.39, 0.29) is 11.1 Å². The molecule has 0 radical (unpaired) electrons. The van der Waals surface area contributed by atoms with Gasteiger partial charge in [-0.2, -0.15) is 0 Å². The van der Waals surface area contributed by atoms with Crippen molar-refractivity contribution in [2.75, 3.05) is 6.61 Å². The third-order valence-corrected chi connectivity index (χ3v) is 8.65. The summed E-state index contributed by atoms with van der Waals surface area (Å²) in [6.07, 6.45) is 2.86. The molecule has 0 aliphatic rings. The van der Waals surface area contributed by atoms with Crippen LogP contribution in [-0.2, 0) is 15.8 Å². The average Bonchev–Trinajstić information content (AvgIpc) is 2.38. The second-order valence-corrected chi connectivity index (χ2v) is 11.8. The van der Waals surface area contributed by atoms with E-state index in [1.165, 1.54) is 5.56 Å². The monoisotopic (exact) mass is 306 g/mol. The van der Waals surface area contributed by atoms with Crippen molar-refractivity contribution in [1.82, 2.24) is 0 Å². The number of benzene rings is 1. The topological polar surface area (TPSA) is 18.5 Å². The lowest BCUT2D eigenvalue weighted by Crippen LogP contribution is -2.45. The van der Waals surface area contributed by atoms with Gasteiger partial charge in [0.05, 0.1) is 19.3 Å². The summed E-state index contributed by atoms with van der Waals surface area (Å²) in [5.41, 5.74) is 1.20. The van der Waals surface area contributed by atoms with Crippen LogP contribution in [0.25, 0.3) is 0 Å². The molecule has 0 amide bonds. The summed E-state index contributed by atoms with van der Waals surface area (Å²) in [5.74, 6) is 0. The van der Waals surface area contributed by atoms with Crippen molar-refractivity contribution < 1.29 is 9.16 Å². The Bertz CT molecular complexity index is 421. The molecule has 21 heavy (non-hydrogen) atoms. The highest BCUT2D eigenvalue weighted by molar-refractivity contribution is 6.74. The van der Waals surface area contributed by atoms with E-state index in [1.807, 2.05) is 24.3 Å². The Morgan fingerprint density at radius 1 is 1.19 bits per heavy atom. The number of hydrogen-bond donors (Lipinski definition) is 0. The van der Waals surface area contributed by atoms with Gasteiger partial charge >= 0.3 is 0 Å². The summed E-state index contributed by atoms with van der Waals surface area (Å²) < 4.78 is 12.3. The number of ether oxygens (including phenoxy) is 1. The molecule has 0 fully saturated rings. The third kappa shape index (κ3) is 6.16. The molecule has 0 aliphatic heterocycles. The Balaban J connectivity index is 2.52. The van der Waals surface area contributed by atoms with Crippen molar-refractivity contribution in [1.29, 1.82) is 0 Å². The van der Waals surface area contributed by atoms with Crippen molar-refractivity contribution in [3.8, 4) is 0 Å². The summed E-state index contributed by atoms with van der Waals surface area (Å²) in [5, 5.41) is 0.214. The van der Waals surface area contributed by atoms with Gasteiger partial charge in [0.2, 0.25) is 0 Å². The summed E-state index contributed by atoms with van der Waals surface area (Å²) in [6.45, 7) is 16.4. The second kappa shape index (κ2) is 7.92. The predicted molar refractivity (Wildman–Crippen MR) is 93.0 cm³/mol. The van der Waals surface area contributed by atoms with Gasteiger partial charge in [0, 0.05) is 0 Å². The minimum Gasteiger partial charge on any atom is -0.411 e. The summed E-state index contributed by atoms with van der Waals surface area (Å²) in [4.78, 5) is 0. The fraction of sp³-hybridized carbons (Fsp3) is 0.556. The highest BCUT2D eigenvalue weighted by atomic mass is 28.4. The zero-order valence-corrected chi connectivity index (χ0v) is 15.2. The van der Waals surface area contributed by atoms with Gasteiger partial charge in [-0.1, -0.05) is 57.2 Å². The maximum Gasteiger partial charge on any atom is 0.192 e. The lowest BCUT2D eigenvalue weighted by atomic mass is 10.2. The Kier molecular flexibility index (Phi) is 6.85. The standard InChI is InChI=1S/C18H30O2Si/c1-7-11-17(20-21(5,6)18(2,3)4)15-19-14-16-12-9-8-10-13-16/h7-10,12-13,17H,1,11,14-15H2,2-6H3/t17-/m1/s1. The van der Waals surface area contributed by atoms with Gasteiger partial charge in [0.1, 0.15) is 0 Å². The molecule has 0 saturated carbocycles. The van der Waals surface area contributed by atoms with Crippen molar-refractivity contribution in [2.24, 2.45) is 0 Å². The van der Waals surface area contributed by atoms with Crippen LogP contribution >= 0.6 is 0 Å². The Labute approximate surface area is 131 Å². The third-order valence-electron chi connectivity index (χ3n) is 4.11. The predicted octanol–water partition coefficient (Wildman–Crippen LogP) is 5.17. The molecule has 0 bridgehead atoms. The molecule has 0 spiro atoms. The van der Waals surface area contributed by atoms with E-state index in [2.05, 4.69) is 52.6 Å². The first-order valence-corrected chi connectivity index (χ1v) is 10.6. The van der Waals surface area contributed by atoms with Gasteiger partial charge in [0.25, 0.3) is 0 Å². The number of rotatable bonds is 8. The van der Waals surface area contributed by atoms with Gasteiger partial charge in [0.15, 0.2) is 8.32 Å². The van der Waals surface area contributed by atoms with Crippen LogP contribution in [0, 0.1) is 0 Å². The van der Waals surface area contributed by atoms with Gasteiger partial charge in [-0.3, -0.25) is 0 Å². The van der Waals surface area contributed by atoms with E-state index < -0.39 is 8.32 Å². The molecule has 0 aliphatic carbocycles. The lowest BCUT2D eigenvalue weighted by molar-refractivity contribution is 0.0359. The van der Waals surface area contributed by atoms with Crippen LogP contribution in [0.4, 0.5) is 0 Å². The minimum absolute atomic E-state index is 0.104. The molecule has 0 saturated heterocycles. The van der Waals surface area contributed by atoms with Crippen molar-refractivity contribution >= 4 is 8.32 Å². The normalized spacial score (nSPS) is 14.0. The molecular formula is C18H30O2Si. The van der Waals surface area contributed by atoms with Crippen molar-refractivity contribution in [3.05, 3.63) is 48.6 Å². The van der Waals surface area contributed by atoms with Crippen LogP contribution in [0.15, 0.2) is 43.0 Å². The first-order valence-electron chi connectivity index (χ1n) is 7.66. The highest BCUT2D eigenvalue weighted by Crippen LogP contribution is 2.37. The molecule has 1 aromatic rings. The van der Waals surface area contributed by atoms with Crippen LogP contribution < -0.4 is 0 Å². The first-order chi connectivity index (χ1) is 9.76. The zero-order valence-electron chi connectivity index (χ0n) is 14.2.